The minimum absolute atomic E-state index is 0.171. The zero-order chi connectivity index (χ0) is 18.0. The summed E-state index contributed by atoms with van der Waals surface area (Å²) in [5.41, 5.74) is 1.45. The van der Waals surface area contributed by atoms with Gasteiger partial charge in [-0.2, -0.15) is 5.26 Å². The van der Waals surface area contributed by atoms with E-state index in [9.17, 15) is 13.5 Å². The van der Waals surface area contributed by atoms with Crippen molar-refractivity contribution in [2.45, 2.75) is 5.25 Å². The summed E-state index contributed by atoms with van der Waals surface area (Å²) in [6.07, 6.45) is 2.50. The first-order valence-corrected chi connectivity index (χ1v) is 10.0. The lowest BCUT2D eigenvalue weighted by molar-refractivity contribution is 0.475. The SMILES string of the molecule is CS(=O)(=O)C(c1ccccc1)c1csc(-c2ncc(C#N)cc2O)n1. The molecule has 0 fully saturated rings. The molecule has 1 unspecified atom stereocenters. The summed E-state index contributed by atoms with van der Waals surface area (Å²) in [4.78, 5) is 8.43. The van der Waals surface area contributed by atoms with Gasteiger partial charge in [0.15, 0.2) is 9.84 Å². The number of nitrogens with zero attached hydrogens (tertiary/aromatic N) is 3. The second-order valence-electron chi connectivity index (χ2n) is 5.40. The maximum absolute atomic E-state index is 12.3. The minimum atomic E-state index is -3.44. The number of aromatic nitrogens is 2. The number of thiazole rings is 1. The molecule has 1 N–H and O–H groups in total. The fourth-order valence-electron chi connectivity index (χ4n) is 2.46. The Balaban J connectivity index is 2.06. The first-order valence-electron chi connectivity index (χ1n) is 7.19. The summed E-state index contributed by atoms with van der Waals surface area (Å²) in [5.74, 6) is -0.171. The zero-order valence-electron chi connectivity index (χ0n) is 13.1. The van der Waals surface area contributed by atoms with E-state index in [4.69, 9.17) is 5.26 Å². The summed E-state index contributed by atoms with van der Waals surface area (Å²) >= 11 is 1.19. The molecule has 25 heavy (non-hydrogen) atoms. The highest BCUT2D eigenvalue weighted by Crippen LogP contribution is 2.35. The fraction of sp³-hybridized carbons (Fsp3) is 0.118. The van der Waals surface area contributed by atoms with Crippen molar-refractivity contribution in [3.63, 3.8) is 0 Å². The van der Waals surface area contributed by atoms with Crippen LogP contribution in [0.25, 0.3) is 10.7 Å². The van der Waals surface area contributed by atoms with Gasteiger partial charge in [-0.1, -0.05) is 30.3 Å². The van der Waals surface area contributed by atoms with Gasteiger partial charge >= 0.3 is 0 Å². The highest BCUT2D eigenvalue weighted by Gasteiger charge is 2.28. The Kier molecular flexibility index (Phi) is 4.53. The molecule has 1 aromatic carbocycles. The van der Waals surface area contributed by atoms with Crippen molar-refractivity contribution in [1.29, 1.82) is 5.26 Å². The lowest BCUT2D eigenvalue weighted by atomic mass is 10.1. The molecule has 6 nitrogen and oxygen atoms in total. The van der Waals surface area contributed by atoms with Gasteiger partial charge in [0, 0.05) is 23.9 Å². The van der Waals surface area contributed by atoms with Crippen molar-refractivity contribution in [1.82, 2.24) is 9.97 Å². The van der Waals surface area contributed by atoms with Crippen LogP contribution in [0, 0.1) is 11.3 Å². The molecule has 0 saturated carbocycles. The van der Waals surface area contributed by atoms with Gasteiger partial charge in [0.05, 0.1) is 11.3 Å². The van der Waals surface area contributed by atoms with Crippen LogP contribution in [-0.2, 0) is 9.84 Å². The smallest absolute Gasteiger partial charge is 0.160 e. The summed E-state index contributed by atoms with van der Waals surface area (Å²) in [6.45, 7) is 0. The molecule has 0 spiro atoms. The molecule has 0 saturated heterocycles. The monoisotopic (exact) mass is 371 g/mol. The largest absolute Gasteiger partial charge is 0.506 e. The van der Waals surface area contributed by atoms with Crippen LogP contribution in [0.5, 0.6) is 5.75 Å². The van der Waals surface area contributed by atoms with E-state index in [0.717, 1.165) is 0 Å². The van der Waals surface area contributed by atoms with Gasteiger partial charge in [-0.3, -0.25) is 0 Å². The van der Waals surface area contributed by atoms with Crippen molar-refractivity contribution in [2.75, 3.05) is 6.26 Å². The maximum atomic E-state index is 12.3. The highest BCUT2D eigenvalue weighted by atomic mass is 32.2. The molecule has 2 heterocycles. The standard InChI is InChI=1S/C17H13N3O3S2/c1-25(22,23)16(12-5-3-2-4-6-12)13-10-24-17(20-13)15-14(21)7-11(8-18)9-19-15/h2-7,9-10,16,21H,1H3. The predicted octanol–water partition coefficient (Wildman–Crippen LogP) is 2.92. The van der Waals surface area contributed by atoms with Gasteiger partial charge in [-0.25, -0.2) is 18.4 Å². The Labute approximate surface area is 149 Å². The molecule has 1 atom stereocenters. The first-order chi connectivity index (χ1) is 11.9. The lowest BCUT2D eigenvalue weighted by Gasteiger charge is -2.13. The Morgan fingerprint density at radius 2 is 2.00 bits per heavy atom. The molecule has 3 rings (SSSR count). The Morgan fingerprint density at radius 3 is 2.60 bits per heavy atom. The van der Waals surface area contributed by atoms with Crippen molar-refractivity contribution in [2.24, 2.45) is 0 Å². The molecule has 2 aromatic heterocycles. The van der Waals surface area contributed by atoms with Crippen LogP contribution in [0.4, 0.5) is 0 Å². The van der Waals surface area contributed by atoms with Crippen LogP contribution in [-0.4, -0.2) is 29.7 Å². The Bertz CT molecular complexity index is 1050. The van der Waals surface area contributed by atoms with E-state index in [2.05, 4.69) is 9.97 Å². The molecular formula is C17H13N3O3S2. The van der Waals surface area contributed by atoms with Crippen LogP contribution in [0.15, 0.2) is 48.0 Å². The van der Waals surface area contributed by atoms with Gasteiger partial charge in [-0.05, 0) is 5.56 Å². The quantitative estimate of drug-likeness (QED) is 0.756. The minimum Gasteiger partial charge on any atom is -0.506 e. The molecular weight excluding hydrogens is 358 g/mol. The van der Waals surface area contributed by atoms with Gasteiger partial charge < -0.3 is 5.11 Å². The predicted molar refractivity (Wildman–Crippen MR) is 94.9 cm³/mol. The van der Waals surface area contributed by atoms with Gasteiger partial charge in [-0.15, -0.1) is 11.3 Å². The van der Waals surface area contributed by atoms with Gasteiger partial charge in [0.1, 0.15) is 27.8 Å². The van der Waals surface area contributed by atoms with Crippen LogP contribution < -0.4 is 0 Å². The van der Waals surface area contributed by atoms with E-state index in [1.54, 1.807) is 29.6 Å². The van der Waals surface area contributed by atoms with Gasteiger partial charge in [0.2, 0.25) is 0 Å². The second kappa shape index (κ2) is 6.63. The zero-order valence-corrected chi connectivity index (χ0v) is 14.8. The number of benzene rings is 1. The number of aromatic hydroxyl groups is 1. The third-order valence-electron chi connectivity index (χ3n) is 3.52. The van der Waals surface area contributed by atoms with Crippen LogP contribution >= 0.6 is 11.3 Å². The molecule has 8 heteroatoms. The fourth-order valence-corrected chi connectivity index (χ4v) is 4.60. The van der Waals surface area contributed by atoms with E-state index in [-0.39, 0.29) is 17.0 Å². The Morgan fingerprint density at radius 1 is 1.28 bits per heavy atom. The van der Waals surface area contributed by atoms with Crippen molar-refractivity contribution in [3.05, 3.63) is 64.8 Å². The van der Waals surface area contributed by atoms with Crippen molar-refractivity contribution in [3.8, 4) is 22.5 Å². The van der Waals surface area contributed by atoms with E-state index in [0.29, 0.717) is 16.3 Å². The third kappa shape index (κ3) is 3.52. The second-order valence-corrected chi connectivity index (χ2v) is 8.39. The van der Waals surface area contributed by atoms with Gasteiger partial charge in [0.25, 0.3) is 0 Å². The topological polar surface area (TPSA) is 104 Å². The molecule has 0 aliphatic rings. The summed E-state index contributed by atoms with van der Waals surface area (Å²) in [5, 5.41) is 20.0. The van der Waals surface area contributed by atoms with E-state index in [1.807, 2.05) is 12.1 Å². The molecule has 0 aliphatic heterocycles. The average molecular weight is 371 g/mol. The van der Waals surface area contributed by atoms with Crippen LogP contribution in [0.2, 0.25) is 0 Å². The average Bonchev–Trinajstić information content (AvgIpc) is 3.03. The number of pyridine rings is 1. The molecule has 0 bridgehead atoms. The molecule has 0 aliphatic carbocycles. The maximum Gasteiger partial charge on any atom is 0.160 e. The number of rotatable bonds is 4. The molecule has 3 aromatic rings. The molecule has 0 amide bonds. The van der Waals surface area contributed by atoms with E-state index in [1.165, 1.54) is 29.9 Å². The summed E-state index contributed by atoms with van der Waals surface area (Å²) in [7, 11) is -3.44. The van der Waals surface area contributed by atoms with Crippen LogP contribution in [0.3, 0.4) is 0 Å². The number of sulfone groups is 1. The third-order valence-corrected chi connectivity index (χ3v) is 5.76. The van der Waals surface area contributed by atoms with Crippen LogP contribution in [0.1, 0.15) is 22.1 Å². The van der Waals surface area contributed by atoms with E-state index >= 15 is 0 Å². The van der Waals surface area contributed by atoms with E-state index < -0.39 is 15.1 Å². The van der Waals surface area contributed by atoms with Crippen molar-refractivity contribution < 1.29 is 13.5 Å². The van der Waals surface area contributed by atoms with Crippen molar-refractivity contribution >= 4 is 21.2 Å². The number of hydrogen-bond acceptors (Lipinski definition) is 7. The number of nitriles is 1. The normalized spacial score (nSPS) is 12.5. The number of hydrogen-bond donors (Lipinski definition) is 1. The summed E-state index contributed by atoms with van der Waals surface area (Å²) in [6, 6.07) is 12.0. The molecule has 0 radical (unpaired) electrons. The highest BCUT2D eigenvalue weighted by molar-refractivity contribution is 7.91. The lowest BCUT2D eigenvalue weighted by Crippen LogP contribution is -2.13. The molecule has 126 valence electrons. The summed E-state index contributed by atoms with van der Waals surface area (Å²) < 4.78 is 24.6. The Hall–Kier alpha value is -2.76. The first kappa shape index (κ1) is 17.1.